The van der Waals surface area contributed by atoms with Crippen molar-refractivity contribution in [2.45, 2.75) is 135 Å². The van der Waals surface area contributed by atoms with E-state index in [9.17, 15) is 57.9 Å². The lowest BCUT2D eigenvalue weighted by atomic mass is 9.87. The van der Waals surface area contributed by atoms with Crippen molar-refractivity contribution in [2.24, 2.45) is 5.41 Å². The Balaban J connectivity index is 0.0000150. The standard InChI is InChI=1S/C37H64N7O17P3S.H3N/c1-4-5-6-7-8-9-10-11-12-13-14-15-16-17-28(46)65-21-20-39-27(45)18-19-40-35(49)32(48)37(2,3)23-58-64(55,56)61-63(53,54)57-22-26-31(60-62(50,51)52)30(47)36(59-26)44-25-43-29-33(38)41-24-42-34(29)44;/h9-10,24-26,30-32,36,47-48H,4-8,11-23H2,1-3H3,(H,39,45)(H,40,49)(H,53,54)(H,55,56)(H2,38,41,42)(H2,50,51,52);1H3/b10-9-;/t26-,30-,31-,32+,36-;/m1./s1. The molecule has 25 nitrogen and oxygen atoms in total. The summed E-state index contributed by atoms with van der Waals surface area (Å²) in [5.41, 5.74) is 4.28. The first-order chi connectivity index (χ1) is 30.6. The van der Waals surface area contributed by atoms with Crippen LogP contribution in [-0.2, 0) is 50.7 Å². The van der Waals surface area contributed by atoms with Crippen molar-refractivity contribution in [3.63, 3.8) is 0 Å². The van der Waals surface area contributed by atoms with Crippen LogP contribution in [0, 0.1) is 5.41 Å². The number of nitrogens with one attached hydrogen (secondary N) is 2. The van der Waals surface area contributed by atoms with E-state index in [1.54, 1.807) is 0 Å². The maximum atomic E-state index is 12.7. The summed E-state index contributed by atoms with van der Waals surface area (Å²) in [6.07, 6.45) is 10.7. The van der Waals surface area contributed by atoms with Crippen LogP contribution >= 0.6 is 35.2 Å². The predicted molar refractivity (Wildman–Crippen MR) is 242 cm³/mol. The second kappa shape index (κ2) is 28.7. The van der Waals surface area contributed by atoms with Gasteiger partial charge in [0.25, 0.3) is 0 Å². The first-order valence-corrected chi connectivity index (χ1v) is 26.8. The Bertz CT molecular complexity index is 2010. The molecule has 1 fully saturated rings. The van der Waals surface area contributed by atoms with Crippen LogP contribution in [0.15, 0.2) is 24.8 Å². The Morgan fingerprint density at radius 3 is 2.23 bits per heavy atom. The van der Waals surface area contributed by atoms with Crippen LogP contribution in [0.1, 0.15) is 110 Å². The van der Waals surface area contributed by atoms with Crippen molar-refractivity contribution in [1.82, 2.24) is 36.3 Å². The van der Waals surface area contributed by atoms with Gasteiger partial charge in [-0.25, -0.2) is 28.6 Å². The number of nitrogen functional groups attached to an aromatic ring is 1. The number of ether oxygens (including phenoxy) is 1. The van der Waals surface area contributed by atoms with Crippen molar-refractivity contribution in [1.29, 1.82) is 0 Å². The van der Waals surface area contributed by atoms with Gasteiger partial charge in [0.15, 0.2) is 22.8 Å². The smallest absolute Gasteiger partial charge is 0.386 e. The van der Waals surface area contributed by atoms with E-state index in [0.29, 0.717) is 12.2 Å². The van der Waals surface area contributed by atoms with E-state index in [1.165, 1.54) is 39.5 Å². The number of hydrogen-bond acceptors (Lipinski definition) is 19. The van der Waals surface area contributed by atoms with E-state index < -0.39 is 84.6 Å². The maximum absolute atomic E-state index is 12.7. The molecule has 1 saturated heterocycles. The van der Waals surface area contributed by atoms with Crippen molar-refractivity contribution in [3.05, 3.63) is 24.8 Å². The number of rotatable bonds is 32. The van der Waals surface area contributed by atoms with Crippen LogP contribution in [0.5, 0.6) is 0 Å². The van der Waals surface area contributed by atoms with Gasteiger partial charge in [0, 0.05) is 37.1 Å². The number of carbonyl (C=O) groups excluding carboxylic acids is 3. The number of nitrogens with two attached hydrogens (primary N) is 1. The molecule has 2 aromatic rings. The number of aliphatic hydroxyl groups is 2. The van der Waals surface area contributed by atoms with Gasteiger partial charge in [-0.1, -0.05) is 83.2 Å². The number of hydrogen-bond donors (Lipinski definition) is 10. The fourth-order valence-corrected chi connectivity index (χ4v) is 9.90. The molecule has 3 rings (SSSR count). The van der Waals surface area contributed by atoms with Crippen LogP contribution in [-0.4, -0.2) is 123 Å². The number of unbranched alkanes of at least 4 members (excludes halogenated alkanes) is 9. The normalized spacial score (nSPS) is 20.1. The van der Waals surface area contributed by atoms with Crippen LogP contribution in [0.3, 0.4) is 0 Å². The Kier molecular flexibility index (Phi) is 25.8. The predicted octanol–water partition coefficient (Wildman–Crippen LogP) is 4.08. The quantitative estimate of drug-likeness (QED) is 0.0280. The second-order valence-electron chi connectivity index (χ2n) is 15.9. The highest BCUT2D eigenvalue weighted by atomic mass is 32.2. The number of fused-ring (bicyclic) bond motifs is 1. The maximum Gasteiger partial charge on any atom is 0.481 e. The van der Waals surface area contributed by atoms with E-state index in [2.05, 4.69) is 53.5 Å². The minimum atomic E-state index is -5.57. The summed E-state index contributed by atoms with van der Waals surface area (Å²) in [7, 11) is -16.4. The van der Waals surface area contributed by atoms with Crippen LogP contribution in [0.4, 0.5) is 5.82 Å². The molecule has 378 valence electrons. The fraction of sp³-hybridized carbons (Fsp3) is 0.730. The number of phosphoric acid groups is 3. The van der Waals surface area contributed by atoms with E-state index in [-0.39, 0.29) is 47.8 Å². The number of thioether (sulfide) groups is 1. The zero-order chi connectivity index (χ0) is 48.3. The van der Waals surface area contributed by atoms with E-state index in [1.807, 2.05) is 0 Å². The summed E-state index contributed by atoms with van der Waals surface area (Å²) in [6, 6.07) is 0. The number of phosphoric ester groups is 3. The summed E-state index contributed by atoms with van der Waals surface area (Å²) >= 11 is 1.15. The lowest BCUT2D eigenvalue weighted by Gasteiger charge is -2.30. The van der Waals surface area contributed by atoms with Gasteiger partial charge in [-0.2, -0.15) is 4.31 Å². The van der Waals surface area contributed by atoms with Crippen LogP contribution in [0.25, 0.3) is 11.2 Å². The molecule has 1 aliphatic rings. The van der Waals surface area contributed by atoms with Crippen molar-refractivity contribution in [3.8, 4) is 0 Å². The average molecular weight is 1020 g/mol. The van der Waals surface area contributed by atoms with Crippen LogP contribution in [0.2, 0.25) is 0 Å². The average Bonchev–Trinajstić information content (AvgIpc) is 3.79. The molecule has 0 aromatic carbocycles. The molecule has 0 spiro atoms. The first kappa shape index (κ1) is 59.4. The SMILES string of the molecule is CCCCCC/C=C\CCCCCCCC(=O)SCCNC(=O)CCNC(=O)[C@H](O)C(C)(C)COP(=O)(O)OP(=O)(O)OC[C@H]1O[C@@H](n2cnc3c(N)ncnc32)[C@H](O)[C@@H]1OP(=O)(O)O.N. The third kappa shape index (κ3) is 21.3. The topological polar surface area (TPSA) is 399 Å². The summed E-state index contributed by atoms with van der Waals surface area (Å²) < 4.78 is 62.4. The van der Waals surface area contributed by atoms with Gasteiger partial charge in [0.1, 0.15) is 36.3 Å². The molecule has 0 saturated carbocycles. The third-order valence-electron chi connectivity index (χ3n) is 9.91. The molecule has 29 heteroatoms. The van der Waals surface area contributed by atoms with E-state index in [0.717, 1.165) is 73.9 Å². The molecule has 0 radical (unpaired) electrons. The highest BCUT2D eigenvalue weighted by molar-refractivity contribution is 8.13. The molecule has 13 N–H and O–H groups in total. The number of allylic oxidation sites excluding steroid dienone is 2. The van der Waals surface area contributed by atoms with Gasteiger partial charge < -0.3 is 57.0 Å². The monoisotopic (exact) mass is 1020 g/mol. The number of nitrogens with zero attached hydrogens (tertiary/aromatic N) is 4. The molecule has 7 atom stereocenters. The summed E-state index contributed by atoms with van der Waals surface area (Å²) in [5, 5.41) is 26.6. The molecule has 2 aromatic heterocycles. The number of anilines is 1. The third-order valence-corrected chi connectivity index (χ3v) is 13.9. The van der Waals surface area contributed by atoms with Gasteiger partial charge in [0.05, 0.1) is 19.5 Å². The summed E-state index contributed by atoms with van der Waals surface area (Å²) in [6.45, 7) is 2.77. The number of aromatic nitrogens is 4. The number of carbonyl (C=O) groups is 3. The minimum absolute atomic E-state index is 0. The van der Waals surface area contributed by atoms with Gasteiger partial charge in [-0.3, -0.25) is 32.5 Å². The highest BCUT2D eigenvalue weighted by Crippen LogP contribution is 2.61. The lowest BCUT2D eigenvalue weighted by molar-refractivity contribution is -0.137. The minimum Gasteiger partial charge on any atom is -0.386 e. The Morgan fingerprint density at radius 1 is 0.924 bits per heavy atom. The molecular weight excluding hydrogens is 953 g/mol. The molecule has 0 aliphatic carbocycles. The molecule has 1 aliphatic heterocycles. The zero-order valence-corrected chi connectivity index (χ0v) is 40.9. The highest BCUT2D eigenvalue weighted by Gasteiger charge is 2.50. The number of amides is 2. The van der Waals surface area contributed by atoms with E-state index >= 15 is 0 Å². The Hall–Kier alpha value is -2.74. The van der Waals surface area contributed by atoms with Gasteiger partial charge >= 0.3 is 23.5 Å². The first-order valence-electron chi connectivity index (χ1n) is 21.3. The molecule has 0 bridgehead atoms. The van der Waals surface area contributed by atoms with Gasteiger partial charge in [-0.05, 0) is 32.1 Å². The number of aliphatic hydroxyl groups excluding tert-OH is 2. The Labute approximate surface area is 387 Å². The largest absolute Gasteiger partial charge is 0.481 e. The fourth-order valence-electron chi connectivity index (χ4n) is 6.35. The Morgan fingerprint density at radius 2 is 1.56 bits per heavy atom. The molecule has 2 unspecified atom stereocenters. The van der Waals surface area contributed by atoms with Crippen molar-refractivity contribution < 1.29 is 80.5 Å². The molecule has 3 heterocycles. The summed E-state index contributed by atoms with van der Waals surface area (Å²) in [5.74, 6) is -1.03. The van der Waals surface area contributed by atoms with Crippen molar-refractivity contribution >= 4 is 69.1 Å². The second-order valence-corrected chi connectivity index (χ2v) is 21.3. The van der Waals surface area contributed by atoms with Crippen molar-refractivity contribution in [2.75, 3.05) is 37.8 Å². The number of imidazole rings is 1. The van der Waals surface area contributed by atoms with Gasteiger partial charge in [-0.15, -0.1) is 0 Å². The lowest BCUT2D eigenvalue weighted by Crippen LogP contribution is -2.46. The van der Waals surface area contributed by atoms with Gasteiger partial charge in [0.2, 0.25) is 11.8 Å². The molecular formula is C37H67N8O17P3S. The molecule has 66 heavy (non-hydrogen) atoms. The zero-order valence-electron chi connectivity index (χ0n) is 37.4. The summed E-state index contributed by atoms with van der Waals surface area (Å²) in [4.78, 5) is 88.2. The molecule has 2 amide bonds. The van der Waals surface area contributed by atoms with Crippen LogP contribution < -0.4 is 22.5 Å². The van der Waals surface area contributed by atoms with E-state index in [4.69, 9.17) is 19.5 Å².